The molecule has 0 nitrogen and oxygen atoms in total. The van der Waals surface area contributed by atoms with Crippen molar-refractivity contribution in [2.75, 3.05) is 0 Å². The summed E-state index contributed by atoms with van der Waals surface area (Å²) in [6.07, 6.45) is 6.96. The predicted molar refractivity (Wildman–Crippen MR) is 54.0 cm³/mol. The minimum atomic E-state index is 0.798. The van der Waals surface area contributed by atoms with Crippen LogP contribution in [0.1, 0.15) is 46.0 Å². The summed E-state index contributed by atoms with van der Waals surface area (Å²) in [5.74, 6) is 1.81. The smallest absolute Gasteiger partial charge is 0.00714 e. The number of thiocarbonyl (C=S) groups is 1. The van der Waals surface area contributed by atoms with Crippen molar-refractivity contribution in [1.29, 1.82) is 0 Å². The van der Waals surface area contributed by atoms with Crippen molar-refractivity contribution < 1.29 is 0 Å². The molecule has 1 heteroatoms. The van der Waals surface area contributed by atoms with Crippen molar-refractivity contribution in [3.8, 4) is 0 Å². The Morgan fingerprint density at radius 2 is 2.09 bits per heavy atom. The Hall–Kier alpha value is 0.0900. The third kappa shape index (κ3) is 2.55. The van der Waals surface area contributed by atoms with Crippen LogP contribution in [0.4, 0.5) is 0 Å². The summed E-state index contributed by atoms with van der Waals surface area (Å²) in [5.41, 5.74) is 0. The first kappa shape index (κ1) is 9.18. The lowest BCUT2D eigenvalue weighted by atomic mass is 9.71. The first-order valence-electron chi connectivity index (χ1n) is 4.74. The molecule has 0 aromatic carbocycles. The first-order chi connectivity index (χ1) is 5.24. The molecule has 1 aliphatic carbocycles. The van der Waals surface area contributed by atoms with E-state index in [1.807, 2.05) is 0 Å². The van der Waals surface area contributed by atoms with Crippen LogP contribution in [0.15, 0.2) is 0 Å². The molecule has 0 bridgehead atoms. The summed E-state index contributed by atoms with van der Waals surface area (Å²) in [6.45, 7) is 4.36. The lowest BCUT2D eigenvalue weighted by molar-refractivity contribution is 0.238. The molecule has 0 saturated heterocycles. The molecular formula is C10H18S. The van der Waals surface area contributed by atoms with Crippen molar-refractivity contribution in [2.45, 2.75) is 46.0 Å². The highest BCUT2D eigenvalue weighted by molar-refractivity contribution is 7.80. The molecule has 0 aromatic rings. The van der Waals surface area contributed by atoms with Crippen LogP contribution < -0.4 is 0 Å². The van der Waals surface area contributed by atoms with E-state index >= 15 is 0 Å². The molecule has 0 amide bonds. The number of unbranched alkanes of at least 4 members (excludes halogenated alkanes) is 1. The molecule has 0 radical (unpaired) electrons. The first-order valence-corrected chi connectivity index (χ1v) is 5.15. The van der Waals surface area contributed by atoms with Crippen molar-refractivity contribution in [1.82, 2.24) is 0 Å². The van der Waals surface area contributed by atoms with E-state index in [-0.39, 0.29) is 0 Å². The monoisotopic (exact) mass is 170 g/mol. The Morgan fingerprint density at radius 1 is 1.45 bits per heavy atom. The molecule has 11 heavy (non-hydrogen) atoms. The lowest BCUT2D eigenvalue weighted by Gasteiger charge is -2.35. The van der Waals surface area contributed by atoms with E-state index in [4.69, 9.17) is 12.2 Å². The van der Waals surface area contributed by atoms with E-state index in [1.165, 1.54) is 37.0 Å². The normalized spacial score (nSPS) is 29.6. The van der Waals surface area contributed by atoms with Crippen LogP contribution >= 0.6 is 12.2 Å². The maximum absolute atomic E-state index is 5.13. The fourth-order valence-corrected chi connectivity index (χ4v) is 1.99. The van der Waals surface area contributed by atoms with Crippen LogP contribution in [0.25, 0.3) is 0 Å². The van der Waals surface area contributed by atoms with Crippen LogP contribution in [-0.2, 0) is 0 Å². The van der Waals surface area contributed by atoms with Crippen molar-refractivity contribution in [3.63, 3.8) is 0 Å². The summed E-state index contributed by atoms with van der Waals surface area (Å²) in [4.78, 5) is 1.23. The molecule has 64 valence electrons. The third-order valence-electron chi connectivity index (χ3n) is 2.78. The zero-order chi connectivity index (χ0) is 8.27. The van der Waals surface area contributed by atoms with E-state index < -0.39 is 0 Å². The Labute approximate surface area is 75.4 Å². The SMILES string of the molecule is CCCC[C@H]1C[C@H](C(C)=S)C1. The van der Waals surface area contributed by atoms with Gasteiger partial charge in [-0.3, -0.25) is 0 Å². The minimum absolute atomic E-state index is 0.798. The van der Waals surface area contributed by atoms with E-state index in [9.17, 15) is 0 Å². The summed E-state index contributed by atoms with van der Waals surface area (Å²) in [5, 5.41) is 0. The molecule has 1 fully saturated rings. The van der Waals surface area contributed by atoms with Gasteiger partial charge in [0.2, 0.25) is 0 Å². The molecule has 0 spiro atoms. The van der Waals surface area contributed by atoms with Crippen LogP contribution in [0.5, 0.6) is 0 Å². The van der Waals surface area contributed by atoms with Gasteiger partial charge in [0, 0.05) is 0 Å². The quantitative estimate of drug-likeness (QED) is 0.581. The van der Waals surface area contributed by atoms with Gasteiger partial charge in [0.25, 0.3) is 0 Å². The molecule has 1 aliphatic rings. The van der Waals surface area contributed by atoms with Gasteiger partial charge in [-0.05, 0) is 36.5 Å². The van der Waals surface area contributed by atoms with Gasteiger partial charge in [-0.2, -0.15) is 0 Å². The number of rotatable bonds is 4. The van der Waals surface area contributed by atoms with Crippen LogP contribution in [0.2, 0.25) is 0 Å². The second-order valence-electron chi connectivity index (χ2n) is 3.79. The van der Waals surface area contributed by atoms with E-state index in [1.54, 1.807) is 0 Å². The summed E-state index contributed by atoms with van der Waals surface area (Å²) in [7, 11) is 0. The zero-order valence-electron chi connectivity index (χ0n) is 7.60. The second kappa shape index (κ2) is 4.20. The minimum Gasteiger partial charge on any atom is -0.0897 e. The van der Waals surface area contributed by atoms with Gasteiger partial charge in [-0.1, -0.05) is 38.4 Å². The Balaban J connectivity index is 2.05. The van der Waals surface area contributed by atoms with Crippen molar-refractivity contribution in [3.05, 3.63) is 0 Å². The van der Waals surface area contributed by atoms with Gasteiger partial charge in [0.1, 0.15) is 0 Å². The van der Waals surface area contributed by atoms with Crippen LogP contribution in [0.3, 0.4) is 0 Å². The highest BCUT2D eigenvalue weighted by atomic mass is 32.1. The summed E-state index contributed by atoms with van der Waals surface area (Å²) < 4.78 is 0. The Bertz CT molecular complexity index is 134. The maximum Gasteiger partial charge on any atom is -0.00714 e. The van der Waals surface area contributed by atoms with E-state index in [2.05, 4.69) is 13.8 Å². The molecule has 1 rings (SSSR count). The number of hydrogen-bond donors (Lipinski definition) is 0. The molecule has 0 aliphatic heterocycles. The Kier molecular flexibility index (Phi) is 3.50. The zero-order valence-corrected chi connectivity index (χ0v) is 8.41. The average molecular weight is 170 g/mol. The van der Waals surface area contributed by atoms with E-state index in [0.29, 0.717) is 0 Å². The van der Waals surface area contributed by atoms with Gasteiger partial charge in [-0.25, -0.2) is 0 Å². The lowest BCUT2D eigenvalue weighted by Crippen LogP contribution is -2.27. The molecular weight excluding hydrogens is 152 g/mol. The van der Waals surface area contributed by atoms with Gasteiger partial charge in [-0.15, -0.1) is 0 Å². The van der Waals surface area contributed by atoms with Gasteiger partial charge in [0.15, 0.2) is 0 Å². The molecule has 0 atom stereocenters. The van der Waals surface area contributed by atoms with Crippen molar-refractivity contribution >= 4 is 17.1 Å². The standard InChI is InChI=1S/C10H18S/c1-3-4-5-9-6-10(7-9)8(2)11/h9-10H,3-7H2,1-2H3/t9-,10-. The maximum atomic E-state index is 5.13. The fourth-order valence-electron chi connectivity index (χ4n) is 1.80. The highest BCUT2D eigenvalue weighted by Gasteiger charge is 2.29. The molecule has 0 aromatic heterocycles. The third-order valence-corrected chi connectivity index (χ3v) is 3.11. The van der Waals surface area contributed by atoms with Crippen LogP contribution in [0, 0.1) is 11.8 Å². The Morgan fingerprint density at radius 3 is 2.55 bits per heavy atom. The predicted octanol–water partition coefficient (Wildman–Crippen LogP) is 3.59. The second-order valence-corrected chi connectivity index (χ2v) is 4.43. The van der Waals surface area contributed by atoms with Gasteiger partial charge in [0.05, 0.1) is 0 Å². The molecule has 0 N–H and O–H groups in total. The van der Waals surface area contributed by atoms with Crippen molar-refractivity contribution in [2.24, 2.45) is 11.8 Å². The van der Waals surface area contributed by atoms with Gasteiger partial charge < -0.3 is 0 Å². The van der Waals surface area contributed by atoms with E-state index in [0.717, 1.165) is 11.8 Å². The molecule has 0 heterocycles. The largest absolute Gasteiger partial charge is 0.0897 e. The summed E-state index contributed by atoms with van der Waals surface area (Å²) in [6, 6.07) is 0. The highest BCUT2D eigenvalue weighted by Crippen LogP contribution is 2.37. The number of hydrogen-bond acceptors (Lipinski definition) is 1. The van der Waals surface area contributed by atoms with Gasteiger partial charge >= 0.3 is 0 Å². The fraction of sp³-hybridized carbons (Fsp3) is 0.900. The average Bonchev–Trinajstić information content (AvgIpc) is 1.84. The van der Waals surface area contributed by atoms with Crippen LogP contribution in [-0.4, -0.2) is 4.86 Å². The molecule has 0 unspecified atom stereocenters. The molecule has 1 saturated carbocycles. The summed E-state index contributed by atoms with van der Waals surface area (Å²) >= 11 is 5.13. The topological polar surface area (TPSA) is 0 Å².